The summed E-state index contributed by atoms with van der Waals surface area (Å²) in [4.78, 5) is 7.94. The van der Waals surface area contributed by atoms with Gasteiger partial charge in [0.15, 0.2) is 0 Å². The highest BCUT2D eigenvalue weighted by atomic mass is 32.2. The van der Waals surface area contributed by atoms with Crippen LogP contribution in [-0.4, -0.2) is 33.1 Å². The molecule has 11 heteroatoms. The fourth-order valence-electron chi connectivity index (χ4n) is 3.16. The Kier molecular flexibility index (Phi) is 6.18. The minimum absolute atomic E-state index is 0.0160. The maximum absolute atomic E-state index is 13.1. The first-order valence-corrected chi connectivity index (χ1v) is 12.5. The summed E-state index contributed by atoms with van der Waals surface area (Å²) < 4.78 is 60.1. The van der Waals surface area contributed by atoms with Crippen molar-refractivity contribution in [3.8, 4) is 11.8 Å². The van der Waals surface area contributed by atoms with Crippen molar-refractivity contribution < 1.29 is 21.6 Å². The zero-order chi connectivity index (χ0) is 22.8. The summed E-state index contributed by atoms with van der Waals surface area (Å²) in [5, 5.41) is 0. The van der Waals surface area contributed by atoms with Gasteiger partial charge in [-0.15, -0.1) is 0 Å². The number of rotatable bonds is 7. The quantitative estimate of drug-likeness (QED) is 0.551. The predicted molar refractivity (Wildman–Crippen MR) is 118 cm³/mol. The second-order valence-corrected chi connectivity index (χ2v) is 10.3. The molecule has 0 unspecified atom stereocenters. The molecule has 9 nitrogen and oxygen atoms in total. The van der Waals surface area contributed by atoms with Crippen molar-refractivity contribution in [2.24, 2.45) is 0 Å². The second-order valence-electron chi connectivity index (χ2n) is 6.98. The number of hydrogen-bond acceptors (Lipinski definition) is 7. The number of hydrogen-bond donors (Lipinski definition) is 2. The summed E-state index contributed by atoms with van der Waals surface area (Å²) >= 11 is 0. The highest BCUT2D eigenvalue weighted by molar-refractivity contribution is 7.93. The first-order chi connectivity index (χ1) is 14.5. The fourth-order valence-corrected chi connectivity index (χ4v) is 5.39. The van der Waals surface area contributed by atoms with E-state index in [1.165, 1.54) is 0 Å². The van der Waals surface area contributed by atoms with Crippen molar-refractivity contribution in [3.63, 3.8) is 0 Å². The molecule has 3 aromatic rings. The van der Waals surface area contributed by atoms with Gasteiger partial charge >= 0.3 is 6.01 Å². The summed E-state index contributed by atoms with van der Waals surface area (Å²) in [6.07, 6.45) is 4.11. The van der Waals surface area contributed by atoms with Crippen LogP contribution in [0.1, 0.15) is 16.7 Å². The summed E-state index contributed by atoms with van der Waals surface area (Å²) in [6, 6.07) is 9.73. The minimum Gasteiger partial charge on any atom is -0.424 e. The number of benzene rings is 2. The number of sulfonamides is 2. The van der Waals surface area contributed by atoms with Gasteiger partial charge in [-0.05, 0) is 67.8 Å². The number of aryl methyl sites for hydroxylation is 2. The van der Waals surface area contributed by atoms with E-state index < -0.39 is 20.0 Å². The molecule has 0 atom stereocenters. The lowest BCUT2D eigenvalue weighted by Gasteiger charge is -2.18. The highest BCUT2D eigenvalue weighted by Gasteiger charge is 2.24. The topological polar surface area (TPSA) is 127 Å². The Morgan fingerprint density at radius 2 is 1.48 bits per heavy atom. The van der Waals surface area contributed by atoms with Gasteiger partial charge in [-0.2, -0.15) is 0 Å². The van der Waals surface area contributed by atoms with E-state index in [0.29, 0.717) is 28.1 Å². The van der Waals surface area contributed by atoms with Crippen LogP contribution in [-0.2, 0) is 20.0 Å². The van der Waals surface area contributed by atoms with Gasteiger partial charge in [-0.1, -0.05) is 6.07 Å². The molecule has 0 aliphatic carbocycles. The number of ether oxygens (including phenoxy) is 1. The molecule has 3 rings (SSSR count). The first-order valence-electron chi connectivity index (χ1n) is 9.12. The normalized spacial score (nSPS) is 11.7. The standard InChI is InChI=1S/C20H22N4O5S2/c1-13-12-14(2)19(15(3)18(13)24-30(4,25)26)31(27,28)23-16-6-8-17(9-7-16)29-20-21-10-5-11-22-20/h5-12,23-24H,1-4H3. The van der Waals surface area contributed by atoms with Crippen LogP contribution in [0.5, 0.6) is 11.8 Å². The van der Waals surface area contributed by atoms with Crippen molar-refractivity contribution in [3.05, 3.63) is 65.5 Å². The van der Waals surface area contributed by atoms with Gasteiger partial charge in [0.05, 0.1) is 16.8 Å². The lowest BCUT2D eigenvalue weighted by atomic mass is 10.1. The molecule has 0 aliphatic rings. The van der Waals surface area contributed by atoms with Crippen LogP contribution >= 0.6 is 0 Å². The molecule has 1 heterocycles. The van der Waals surface area contributed by atoms with E-state index in [-0.39, 0.29) is 16.6 Å². The van der Waals surface area contributed by atoms with Crippen molar-refractivity contribution in [2.45, 2.75) is 25.7 Å². The average Bonchev–Trinajstić information content (AvgIpc) is 2.66. The Morgan fingerprint density at radius 3 is 2.06 bits per heavy atom. The molecule has 2 N–H and O–H groups in total. The molecule has 0 aliphatic heterocycles. The first kappa shape index (κ1) is 22.5. The van der Waals surface area contributed by atoms with Crippen LogP contribution in [0, 0.1) is 20.8 Å². The average molecular weight is 463 g/mol. The van der Waals surface area contributed by atoms with E-state index in [2.05, 4.69) is 19.4 Å². The van der Waals surface area contributed by atoms with E-state index in [0.717, 1.165) is 6.26 Å². The van der Waals surface area contributed by atoms with Crippen molar-refractivity contribution in [2.75, 3.05) is 15.7 Å². The summed E-state index contributed by atoms with van der Waals surface area (Å²) in [5.41, 5.74) is 2.02. The Labute approximate surface area is 181 Å². The number of anilines is 2. The zero-order valence-electron chi connectivity index (χ0n) is 17.4. The summed E-state index contributed by atoms with van der Waals surface area (Å²) in [7, 11) is -7.57. The van der Waals surface area contributed by atoms with Gasteiger partial charge < -0.3 is 4.74 Å². The smallest absolute Gasteiger partial charge is 0.321 e. The van der Waals surface area contributed by atoms with E-state index in [1.54, 1.807) is 69.6 Å². The van der Waals surface area contributed by atoms with Gasteiger partial charge in [0.1, 0.15) is 5.75 Å². The third-order valence-corrected chi connectivity index (χ3v) is 6.56. The largest absolute Gasteiger partial charge is 0.424 e. The monoisotopic (exact) mass is 462 g/mol. The SMILES string of the molecule is Cc1cc(C)c(S(=O)(=O)Nc2ccc(Oc3ncccn3)cc2)c(C)c1NS(C)(=O)=O. The molecule has 0 bridgehead atoms. The van der Waals surface area contributed by atoms with Crippen molar-refractivity contribution in [1.29, 1.82) is 0 Å². The molecule has 0 radical (unpaired) electrons. The maximum atomic E-state index is 13.1. The Hall–Kier alpha value is -3.18. The second kappa shape index (κ2) is 8.52. The number of nitrogens with one attached hydrogen (secondary N) is 2. The molecular weight excluding hydrogens is 440 g/mol. The van der Waals surface area contributed by atoms with Crippen LogP contribution in [0.4, 0.5) is 11.4 Å². The molecule has 2 aromatic carbocycles. The molecule has 31 heavy (non-hydrogen) atoms. The van der Waals surface area contributed by atoms with Crippen LogP contribution in [0.3, 0.4) is 0 Å². The van der Waals surface area contributed by atoms with E-state index in [1.807, 2.05) is 0 Å². The van der Waals surface area contributed by atoms with Gasteiger partial charge in [-0.25, -0.2) is 26.8 Å². The van der Waals surface area contributed by atoms with Crippen molar-refractivity contribution >= 4 is 31.4 Å². The van der Waals surface area contributed by atoms with Gasteiger partial charge in [-0.3, -0.25) is 9.44 Å². The molecular formula is C20H22N4O5S2. The van der Waals surface area contributed by atoms with E-state index >= 15 is 0 Å². The fraction of sp³-hybridized carbons (Fsp3) is 0.200. The minimum atomic E-state index is -3.99. The molecule has 0 saturated carbocycles. The molecule has 164 valence electrons. The Morgan fingerprint density at radius 1 is 0.871 bits per heavy atom. The molecule has 0 amide bonds. The van der Waals surface area contributed by atoms with Gasteiger partial charge in [0, 0.05) is 18.1 Å². The maximum Gasteiger partial charge on any atom is 0.321 e. The molecule has 0 spiro atoms. The molecule has 1 aromatic heterocycles. The van der Waals surface area contributed by atoms with E-state index in [4.69, 9.17) is 4.74 Å². The van der Waals surface area contributed by atoms with Gasteiger partial charge in [0.2, 0.25) is 10.0 Å². The van der Waals surface area contributed by atoms with Crippen molar-refractivity contribution in [1.82, 2.24) is 9.97 Å². The van der Waals surface area contributed by atoms with Crippen LogP contribution < -0.4 is 14.2 Å². The molecule has 0 saturated heterocycles. The number of aromatic nitrogens is 2. The summed E-state index contributed by atoms with van der Waals surface area (Å²) in [6.45, 7) is 4.95. The Bertz CT molecular complexity index is 1310. The van der Waals surface area contributed by atoms with Crippen LogP contribution in [0.15, 0.2) is 53.7 Å². The predicted octanol–water partition coefficient (Wildman–Crippen LogP) is 3.37. The van der Waals surface area contributed by atoms with Gasteiger partial charge in [0.25, 0.3) is 10.0 Å². The molecule has 0 fully saturated rings. The van der Waals surface area contributed by atoms with E-state index in [9.17, 15) is 16.8 Å². The zero-order valence-corrected chi connectivity index (χ0v) is 19.0. The Balaban J connectivity index is 1.89. The third kappa shape index (κ3) is 5.50. The van der Waals surface area contributed by atoms with Crippen LogP contribution in [0.2, 0.25) is 0 Å². The van der Waals surface area contributed by atoms with Crippen LogP contribution in [0.25, 0.3) is 0 Å². The highest BCUT2D eigenvalue weighted by Crippen LogP contribution is 2.32. The number of nitrogens with zero attached hydrogens (tertiary/aromatic N) is 2. The lowest BCUT2D eigenvalue weighted by molar-refractivity contribution is 0.442. The third-order valence-electron chi connectivity index (χ3n) is 4.32. The summed E-state index contributed by atoms with van der Waals surface area (Å²) in [5.74, 6) is 0.441. The lowest BCUT2D eigenvalue weighted by Crippen LogP contribution is -2.19.